The van der Waals surface area contributed by atoms with Crippen molar-refractivity contribution in [2.45, 2.75) is 26.4 Å². The first-order valence-corrected chi connectivity index (χ1v) is 5.80. The molecule has 1 aromatic heterocycles. The predicted octanol–water partition coefficient (Wildman–Crippen LogP) is 2.31. The number of aliphatic hydroxyl groups excluding tert-OH is 1. The van der Waals surface area contributed by atoms with Gasteiger partial charge in [0.2, 0.25) is 0 Å². The molecule has 1 heterocycles. The van der Waals surface area contributed by atoms with E-state index in [0.717, 1.165) is 11.3 Å². The van der Waals surface area contributed by atoms with Crippen molar-refractivity contribution in [2.24, 2.45) is 7.05 Å². The zero-order chi connectivity index (χ0) is 12.4. The molecular formula is C14H18N2O. The first-order chi connectivity index (χ1) is 8.09. The lowest BCUT2D eigenvalue weighted by Gasteiger charge is -2.12. The maximum Gasteiger partial charge on any atom is 0.0863 e. The van der Waals surface area contributed by atoms with Crippen LogP contribution in [-0.2, 0) is 13.5 Å². The minimum atomic E-state index is -0.482. The van der Waals surface area contributed by atoms with E-state index in [-0.39, 0.29) is 0 Å². The van der Waals surface area contributed by atoms with Gasteiger partial charge in [-0.3, -0.25) is 4.68 Å². The second-order valence-electron chi connectivity index (χ2n) is 4.46. The predicted molar refractivity (Wildman–Crippen MR) is 67.8 cm³/mol. The molecule has 0 radical (unpaired) electrons. The standard InChI is InChI=1S/C14H18N2O/c1-10-6-4-5-7-12(10)8-14(17)13-9-15-16(3)11(13)2/h4-7,9,14,17H,8H2,1-3H3. The van der Waals surface area contributed by atoms with Crippen molar-refractivity contribution in [1.82, 2.24) is 9.78 Å². The molecule has 3 heteroatoms. The number of rotatable bonds is 3. The van der Waals surface area contributed by atoms with E-state index >= 15 is 0 Å². The molecule has 2 rings (SSSR count). The Labute approximate surface area is 102 Å². The monoisotopic (exact) mass is 230 g/mol. The van der Waals surface area contributed by atoms with Crippen LogP contribution in [0.2, 0.25) is 0 Å². The summed E-state index contributed by atoms with van der Waals surface area (Å²) in [6.45, 7) is 4.04. The van der Waals surface area contributed by atoms with Crippen molar-refractivity contribution < 1.29 is 5.11 Å². The Kier molecular flexibility index (Phi) is 3.29. The molecule has 0 saturated heterocycles. The summed E-state index contributed by atoms with van der Waals surface area (Å²) >= 11 is 0. The van der Waals surface area contributed by atoms with Gasteiger partial charge in [-0.1, -0.05) is 24.3 Å². The maximum atomic E-state index is 10.2. The number of benzene rings is 1. The third-order valence-electron chi connectivity index (χ3n) is 3.31. The van der Waals surface area contributed by atoms with Crippen molar-refractivity contribution >= 4 is 0 Å². The minimum Gasteiger partial charge on any atom is -0.388 e. The van der Waals surface area contributed by atoms with Crippen LogP contribution in [0.5, 0.6) is 0 Å². The van der Waals surface area contributed by atoms with Gasteiger partial charge in [-0.25, -0.2) is 0 Å². The van der Waals surface area contributed by atoms with Crippen LogP contribution in [0.1, 0.15) is 28.5 Å². The van der Waals surface area contributed by atoms with Gasteiger partial charge < -0.3 is 5.11 Å². The third-order valence-corrected chi connectivity index (χ3v) is 3.31. The lowest BCUT2D eigenvalue weighted by Crippen LogP contribution is -2.04. The topological polar surface area (TPSA) is 38.1 Å². The van der Waals surface area contributed by atoms with Gasteiger partial charge in [0.25, 0.3) is 0 Å². The van der Waals surface area contributed by atoms with Gasteiger partial charge in [-0.2, -0.15) is 5.10 Å². The van der Waals surface area contributed by atoms with Gasteiger partial charge in [0.1, 0.15) is 0 Å². The average molecular weight is 230 g/mol. The molecule has 0 aliphatic carbocycles. The van der Waals surface area contributed by atoms with Crippen LogP contribution in [0.15, 0.2) is 30.5 Å². The molecule has 3 nitrogen and oxygen atoms in total. The molecule has 0 fully saturated rings. The molecule has 17 heavy (non-hydrogen) atoms. The maximum absolute atomic E-state index is 10.2. The highest BCUT2D eigenvalue weighted by Crippen LogP contribution is 2.22. The number of aliphatic hydroxyl groups is 1. The Balaban J connectivity index is 2.20. The van der Waals surface area contributed by atoms with Crippen molar-refractivity contribution in [3.05, 3.63) is 52.8 Å². The van der Waals surface area contributed by atoms with Crippen LogP contribution < -0.4 is 0 Å². The van der Waals surface area contributed by atoms with Crippen LogP contribution in [0.3, 0.4) is 0 Å². The minimum absolute atomic E-state index is 0.482. The molecular weight excluding hydrogens is 212 g/mol. The van der Waals surface area contributed by atoms with Crippen molar-refractivity contribution in [3.8, 4) is 0 Å². The van der Waals surface area contributed by atoms with Gasteiger partial charge in [0.05, 0.1) is 12.3 Å². The molecule has 0 aliphatic heterocycles. The second-order valence-corrected chi connectivity index (χ2v) is 4.46. The summed E-state index contributed by atoms with van der Waals surface area (Å²) in [5.74, 6) is 0. The van der Waals surface area contributed by atoms with Gasteiger partial charge in [-0.05, 0) is 25.0 Å². The molecule has 0 bridgehead atoms. The quantitative estimate of drug-likeness (QED) is 0.878. The van der Waals surface area contributed by atoms with Crippen LogP contribution in [-0.4, -0.2) is 14.9 Å². The van der Waals surface area contributed by atoms with Gasteiger partial charge >= 0.3 is 0 Å². The van der Waals surface area contributed by atoms with Crippen molar-refractivity contribution in [3.63, 3.8) is 0 Å². The molecule has 90 valence electrons. The molecule has 1 aromatic carbocycles. The zero-order valence-electron chi connectivity index (χ0n) is 10.5. The fraction of sp³-hybridized carbons (Fsp3) is 0.357. The lowest BCUT2D eigenvalue weighted by atomic mass is 9.99. The normalized spacial score (nSPS) is 12.7. The molecule has 1 N–H and O–H groups in total. The van der Waals surface area contributed by atoms with E-state index in [1.807, 2.05) is 26.1 Å². The fourth-order valence-electron chi connectivity index (χ4n) is 2.00. The Morgan fingerprint density at radius 3 is 2.59 bits per heavy atom. The van der Waals surface area contributed by atoms with Gasteiger partial charge in [0, 0.05) is 24.7 Å². The van der Waals surface area contributed by atoms with Gasteiger partial charge in [0.15, 0.2) is 0 Å². The fourth-order valence-corrected chi connectivity index (χ4v) is 2.00. The molecule has 0 amide bonds. The number of aromatic nitrogens is 2. The molecule has 0 aliphatic rings. The van der Waals surface area contributed by atoms with E-state index in [1.54, 1.807) is 10.9 Å². The van der Waals surface area contributed by atoms with E-state index in [4.69, 9.17) is 0 Å². The number of hydrogen-bond acceptors (Lipinski definition) is 2. The van der Waals surface area contributed by atoms with Crippen LogP contribution in [0.25, 0.3) is 0 Å². The van der Waals surface area contributed by atoms with Crippen LogP contribution >= 0.6 is 0 Å². The number of aryl methyl sites for hydroxylation is 2. The largest absolute Gasteiger partial charge is 0.388 e. The molecule has 0 spiro atoms. The lowest BCUT2D eigenvalue weighted by molar-refractivity contribution is 0.177. The number of hydrogen-bond donors (Lipinski definition) is 1. The first-order valence-electron chi connectivity index (χ1n) is 5.80. The second kappa shape index (κ2) is 4.72. The highest BCUT2D eigenvalue weighted by molar-refractivity contribution is 5.28. The van der Waals surface area contributed by atoms with Gasteiger partial charge in [-0.15, -0.1) is 0 Å². The van der Waals surface area contributed by atoms with Crippen molar-refractivity contribution in [1.29, 1.82) is 0 Å². The summed E-state index contributed by atoms with van der Waals surface area (Å²) in [6, 6.07) is 8.15. The molecule has 2 aromatic rings. The van der Waals surface area contributed by atoms with E-state index < -0.39 is 6.10 Å². The summed E-state index contributed by atoms with van der Waals surface area (Å²) < 4.78 is 1.79. The van der Waals surface area contributed by atoms with Crippen LogP contribution in [0.4, 0.5) is 0 Å². The average Bonchev–Trinajstić information content (AvgIpc) is 2.63. The van der Waals surface area contributed by atoms with E-state index in [2.05, 4.69) is 24.2 Å². The third kappa shape index (κ3) is 2.39. The first kappa shape index (κ1) is 11.9. The molecule has 0 saturated carbocycles. The Hall–Kier alpha value is -1.61. The van der Waals surface area contributed by atoms with E-state index in [1.165, 1.54) is 11.1 Å². The summed E-state index contributed by atoms with van der Waals surface area (Å²) in [5, 5.41) is 14.4. The highest BCUT2D eigenvalue weighted by atomic mass is 16.3. The molecule has 1 atom stereocenters. The Morgan fingerprint density at radius 1 is 1.29 bits per heavy atom. The Morgan fingerprint density at radius 2 is 2.00 bits per heavy atom. The summed E-state index contributed by atoms with van der Waals surface area (Å²) in [7, 11) is 1.89. The van der Waals surface area contributed by atoms with Crippen LogP contribution in [0, 0.1) is 13.8 Å². The highest BCUT2D eigenvalue weighted by Gasteiger charge is 2.14. The smallest absolute Gasteiger partial charge is 0.0863 e. The zero-order valence-corrected chi connectivity index (χ0v) is 10.5. The summed E-state index contributed by atoms with van der Waals surface area (Å²) in [5.41, 5.74) is 4.33. The van der Waals surface area contributed by atoms with E-state index in [9.17, 15) is 5.11 Å². The summed E-state index contributed by atoms with van der Waals surface area (Å²) in [6.07, 6.45) is 1.90. The molecule has 1 unspecified atom stereocenters. The van der Waals surface area contributed by atoms with Crippen molar-refractivity contribution in [2.75, 3.05) is 0 Å². The summed E-state index contributed by atoms with van der Waals surface area (Å²) in [4.78, 5) is 0. The number of nitrogens with zero attached hydrogens (tertiary/aromatic N) is 2. The Bertz CT molecular complexity index is 517. The van der Waals surface area contributed by atoms with E-state index in [0.29, 0.717) is 6.42 Å². The SMILES string of the molecule is Cc1ccccc1CC(O)c1cnn(C)c1C.